The Balaban J connectivity index is 0.000000983. The molecule has 12 nitrogen and oxygen atoms in total. The zero-order chi connectivity index (χ0) is 28.4. The lowest BCUT2D eigenvalue weighted by molar-refractivity contribution is -0.134. The number of hydrogen-bond acceptors (Lipinski definition) is 8. The predicted octanol–water partition coefficient (Wildman–Crippen LogP) is 2.67. The van der Waals surface area contributed by atoms with Crippen molar-refractivity contribution in [3.63, 3.8) is 0 Å². The zero-order valence-electron chi connectivity index (χ0n) is 21.5. The van der Waals surface area contributed by atoms with Gasteiger partial charge < -0.3 is 20.3 Å². The van der Waals surface area contributed by atoms with Crippen LogP contribution in [-0.4, -0.2) is 55.4 Å². The Morgan fingerprint density at radius 2 is 1.87 bits per heavy atom. The molecular formula is C27H29N7O5. The number of nitrogen functional groups attached to an aromatic ring is 1. The molecule has 0 aliphatic rings. The molecule has 4 rings (SSSR count). The van der Waals surface area contributed by atoms with Crippen LogP contribution in [-0.2, 0) is 11.2 Å². The van der Waals surface area contributed by atoms with E-state index in [-0.39, 0.29) is 17.7 Å². The highest BCUT2D eigenvalue weighted by atomic mass is 16.5. The first-order chi connectivity index (χ1) is 18.7. The van der Waals surface area contributed by atoms with E-state index in [4.69, 9.17) is 30.5 Å². The molecule has 2 aromatic heterocycles. The molecule has 4 aromatic rings. The molecule has 12 heteroatoms. The molecule has 0 bridgehead atoms. The van der Waals surface area contributed by atoms with E-state index in [1.165, 1.54) is 0 Å². The van der Waals surface area contributed by atoms with Crippen LogP contribution >= 0.6 is 0 Å². The van der Waals surface area contributed by atoms with E-state index >= 15 is 0 Å². The topological polar surface area (TPSA) is 182 Å². The molecule has 1 unspecified atom stereocenters. The molecule has 0 aliphatic heterocycles. The van der Waals surface area contributed by atoms with E-state index in [1.54, 1.807) is 43.8 Å². The number of nitrogens with zero attached hydrogens (tertiary/aromatic N) is 4. The van der Waals surface area contributed by atoms with Gasteiger partial charge in [-0.25, -0.2) is 14.8 Å². The summed E-state index contributed by atoms with van der Waals surface area (Å²) < 4.78 is 12.4. The fourth-order valence-corrected chi connectivity index (χ4v) is 3.63. The molecule has 0 spiro atoms. The van der Waals surface area contributed by atoms with Crippen LogP contribution in [0, 0.1) is 5.41 Å². The molecular weight excluding hydrogens is 502 g/mol. The van der Waals surface area contributed by atoms with Crippen molar-refractivity contribution in [3.8, 4) is 17.4 Å². The quantitative estimate of drug-likeness (QED) is 0.136. The van der Waals surface area contributed by atoms with Crippen molar-refractivity contribution in [2.24, 2.45) is 5.73 Å². The number of amidine groups is 1. The number of methoxy groups -OCH3 is 1. The van der Waals surface area contributed by atoms with E-state index < -0.39 is 11.7 Å². The summed E-state index contributed by atoms with van der Waals surface area (Å²) in [5, 5.41) is 19.6. The summed E-state index contributed by atoms with van der Waals surface area (Å²) in [4.78, 5) is 32.8. The van der Waals surface area contributed by atoms with Crippen LogP contribution in [0.4, 0.5) is 0 Å². The number of carbonyl (C=O) groups is 1. The van der Waals surface area contributed by atoms with Crippen molar-refractivity contribution in [2.45, 2.75) is 19.3 Å². The normalized spacial score (nSPS) is 11.0. The monoisotopic (exact) mass is 531 g/mol. The van der Waals surface area contributed by atoms with Gasteiger partial charge in [-0.2, -0.15) is 0 Å². The molecule has 0 saturated carbocycles. The van der Waals surface area contributed by atoms with E-state index in [0.29, 0.717) is 35.9 Å². The summed E-state index contributed by atoms with van der Waals surface area (Å²) >= 11 is 0. The first kappa shape index (κ1) is 28.3. The molecule has 0 aliphatic carbocycles. The van der Waals surface area contributed by atoms with Gasteiger partial charge in [0, 0.05) is 30.8 Å². The smallest absolute Gasteiger partial charge is 0.350 e. The van der Waals surface area contributed by atoms with Crippen LogP contribution in [0.2, 0.25) is 0 Å². The number of aliphatic carboxylic acids is 1. The molecule has 0 amide bonds. The van der Waals surface area contributed by atoms with Crippen molar-refractivity contribution in [3.05, 3.63) is 107 Å². The summed E-state index contributed by atoms with van der Waals surface area (Å²) in [6.07, 6.45) is 5.25. The Kier molecular flexibility index (Phi) is 9.68. The minimum absolute atomic E-state index is 0.00167. The van der Waals surface area contributed by atoms with Crippen LogP contribution in [0.25, 0.3) is 5.95 Å². The maximum absolute atomic E-state index is 12.7. The van der Waals surface area contributed by atoms with Crippen molar-refractivity contribution >= 4 is 11.8 Å². The van der Waals surface area contributed by atoms with Crippen LogP contribution < -0.4 is 20.9 Å². The van der Waals surface area contributed by atoms with Gasteiger partial charge in [-0.15, -0.1) is 9.78 Å². The Bertz CT molecular complexity index is 1480. The van der Waals surface area contributed by atoms with Crippen molar-refractivity contribution in [1.82, 2.24) is 24.7 Å². The first-order valence-electron chi connectivity index (χ1n) is 11.7. The fourth-order valence-electron chi connectivity index (χ4n) is 3.63. The summed E-state index contributed by atoms with van der Waals surface area (Å²) in [6, 6.07) is 14.6. The Morgan fingerprint density at radius 1 is 1.21 bits per heavy atom. The number of nitrogens with two attached hydrogens (primary N) is 1. The summed E-state index contributed by atoms with van der Waals surface area (Å²) in [7, 11) is 1.57. The molecule has 0 radical (unpaired) electrons. The van der Waals surface area contributed by atoms with E-state index in [9.17, 15) is 4.79 Å². The average Bonchev–Trinajstić information content (AvgIpc) is 3.32. The molecule has 2 aromatic carbocycles. The number of aromatic amines is 1. The molecule has 39 heavy (non-hydrogen) atoms. The van der Waals surface area contributed by atoms with Crippen molar-refractivity contribution in [1.29, 1.82) is 5.41 Å². The minimum Gasteiger partial charge on any atom is -0.493 e. The lowest BCUT2D eigenvalue weighted by atomic mass is 9.90. The van der Waals surface area contributed by atoms with Gasteiger partial charge in [0.1, 0.15) is 18.3 Å². The number of H-pyrrole nitrogens is 1. The van der Waals surface area contributed by atoms with Gasteiger partial charge in [0.05, 0.1) is 7.11 Å². The lowest BCUT2D eigenvalue weighted by Gasteiger charge is -2.18. The van der Waals surface area contributed by atoms with Crippen LogP contribution in [0.5, 0.6) is 11.5 Å². The number of carboxylic acids is 1. The number of carboxylic acid groups (broad SMARTS) is 1. The third-order valence-corrected chi connectivity index (χ3v) is 5.36. The zero-order valence-corrected chi connectivity index (χ0v) is 21.5. The van der Waals surface area contributed by atoms with Gasteiger partial charge in [0.15, 0.2) is 11.5 Å². The number of ether oxygens (including phenoxy) is 2. The molecule has 202 valence electrons. The maximum Gasteiger partial charge on any atom is 0.350 e. The second-order valence-electron chi connectivity index (χ2n) is 8.17. The minimum atomic E-state index is -0.833. The van der Waals surface area contributed by atoms with Crippen molar-refractivity contribution in [2.75, 3.05) is 13.7 Å². The number of hydrogen-bond donors (Lipinski definition) is 4. The highest BCUT2D eigenvalue weighted by molar-refractivity contribution is 5.94. The average molecular weight is 532 g/mol. The van der Waals surface area contributed by atoms with Crippen LogP contribution in [0.1, 0.15) is 35.4 Å². The molecule has 1 atom stereocenters. The SMILES string of the molecule is C=CCOc1cc(C(Cc2ccc(C(=N)N)cc2)c2nn(-c3ncccn3)c(=O)[nH]2)ccc1OC.CC(=O)O. The van der Waals surface area contributed by atoms with Gasteiger partial charge in [0.2, 0.25) is 0 Å². The third kappa shape index (κ3) is 7.61. The van der Waals surface area contributed by atoms with Gasteiger partial charge >= 0.3 is 5.69 Å². The molecule has 0 saturated heterocycles. The van der Waals surface area contributed by atoms with E-state index in [1.807, 2.05) is 30.3 Å². The van der Waals surface area contributed by atoms with Crippen molar-refractivity contribution < 1.29 is 19.4 Å². The first-order valence-corrected chi connectivity index (χ1v) is 11.7. The standard InChI is InChI=1S/C25H25N7O3.C2H4O2/c1-3-13-35-21-15-18(9-10-20(21)34-2)19(14-16-5-7-17(8-6-16)22(26)27)23-30-25(33)32(31-23)24-28-11-4-12-29-24;1-2(3)4/h3-12,15,19H,1,13-14H2,2H3,(H3,26,27)(H,30,31,33);1H3,(H,3,4). The fraction of sp³-hybridized carbons (Fsp3) is 0.185. The van der Waals surface area contributed by atoms with Gasteiger partial charge in [-0.05, 0) is 35.7 Å². The second-order valence-corrected chi connectivity index (χ2v) is 8.17. The number of aromatic nitrogens is 5. The largest absolute Gasteiger partial charge is 0.493 e. The summed E-state index contributed by atoms with van der Waals surface area (Å²) in [5.74, 6) is 0.574. The van der Waals surface area contributed by atoms with E-state index in [2.05, 4.69) is 26.6 Å². The predicted molar refractivity (Wildman–Crippen MR) is 145 cm³/mol. The number of benzene rings is 2. The Hall–Kier alpha value is -5.26. The molecule has 2 heterocycles. The second kappa shape index (κ2) is 13.3. The molecule has 5 N–H and O–H groups in total. The number of rotatable bonds is 10. The molecule has 0 fully saturated rings. The van der Waals surface area contributed by atoms with E-state index in [0.717, 1.165) is 22.7 Å². The van der Waals surface area contributed by atoms with Gasteiger partial charge in [0.25, 0.3) is 11.9 Å². The summed E-state index contributed by atoms with van der Waals surface area (Å²) in [5.41, 5.74) is 7.61. The maximum atomic E-state index is 12.7. The third-order valence-electron chi connectivity index (χ3n) is 5.36. The highest BCUT2D eigenvalue weighted by Gasteiger charge is 2.23. The van der Waals surface area contributed by atoms with Crippen LogP contribution in [0.15, 0.2) is 78.4 Å². The Labute approximate surface area is 224 Å². The Morgan fingerprint density at radius 3 is 2.46 bits per heavy atom. The number of nitrogens with one attached hydrogen (secondary N) is 2. The van der Waals surface area contributed by atoms with Gasteiger partial charge in [-0.3, -0.25) is 15.2 Å². The van der Waals surface area contributed by atoms with Gasteiger partial charge in [-0.1, -0.05) is 43.0 Å². The summed E-state index contributed by atoms with van der Waals surface area (Å²) in [6.45, 7) is 5.10. The lowest BCUT2D eigenvalue weighted by Crippen LogP contribution is -2.18. The highest BCUT2D eigenvalue weighted by Crippen LogP contribution is 2.34. The van der Waals surface area contributed by atoms with Crippen LogP contribution in [0.3, 0.4) is 0 Å².